The first-order valence-corrected chi connectivity index (χ1v) is 7.40. The molecule has 1 aliphatic heterocycles. The predicted molar refractivity (Wildman–Crippen MR) is 82.6 cm³/mol. The highest BCUT2D eigenvalue weighted by Crippen LogP contribution is 2.27. The van der Waals surface area contributed by atoms with Crippen LogP contribution in [0.2, 0.25) is 0 Å². The van der Waals surface area contributed by atoms with E-state index >= 15 is 0 Å². The van der Waals surface area contributed by atoms with Gasteiger partial charge in [-0.25, -0.2) is 19.9 Å². The van der Waals surface area contributed by atoms with E-state index in [1.54, 1.807) is 0 Å². The molecule has 3 rings (SSSR count). The summed E-state index contributed by atoms with van der Waals surface area (Å²) < 4.78 is 0. The molecule has 2 aromatic rings. The van der Waals surface area contributed by atoms with E-state index < -0.39 is 0 Å². The fourth-order valence-electron chi connectivity index (χ4n) is 2.94. The number of hydrogen-bond donors (Lipinski definition) is 0. The van der Waals surface area contributed by atoms with Gasteiger partial charge in [0.2, 0.25) is 5.95 Å². The monoisotopic (exact) mass is 283 g/mol. The molecule has 0 N–H and O–H groups in total. The normalized spacial score (nSPS) is 18.3. The summed E-state index contributed by atoms with van der Waals surface area (Å²) in [6.07, 6.45) is 1.05. The summed E-state index contributed by atoms with van der Waals surface area (Å²) in [5.74, 6) is 2.16. The van der Waals surface area contributed by atoms with Gasteiger partial charge in [0, 0.05) is 41.8 Å². The van der Waals surface area contributed by atoms with E-state index in [2.05, 4.69) is 24.8 Å². The minimum Gasteiger partial charge on any atom is -0.340 e. The Balaban J connectivity index is 1.81. The van der Waals surface area contributed by atoms with E-state index in [-0.39, 0.29) is 0 Å². The lowest BCUT2D eigenvalue weighted by Crippen LogP contribution is -2.22. The second-order valence-corrected chi connectivity index (χ2v) is 5.89. The second kappa shape index (κ2) is 5.39. The summed E-state index contributed by atoms with van der Waals surface area (Å²) in [6.45, 7) is 9.93. The standard InChI is InChI=1S/C16H21N5/c1-10-7-11(2)18-15(17-10)14-5-6-21(9-14)16-19-12(3)8-13(4)20-16/h7-8,14H,5-6,9H2,1-4H3/t14-/m0/s1. The maximum atomic E-state index is 4.60. The lowest BCUT2D eigenvalue weighted by atomic mass is 10.1. The van der Waals surface area contributed by atoms with Gasteiger partial charge in [0.15, 0.2) is 0 Å². The SMILES string of the molecule is Cc1cc(C)nc([C@H]2CCN(c3nc(C)cc(C)n3)C2)n1. The molecule has 0 aromatic carbocycles. The minimum absolute atomic E-state index is 0.369. The number of aryl methyl sites for hydroxylation is 4. The van der Waals surface area contributed by atoms with Gasteiger partial charge in [-0.1, -0.05) is 0 Å². The number of rotatable bonds is 2. The lowest BCUT2D eigenvalue weighted by Gasteiger charge is -2.17. The summed E-state index contributed by atoms with van der Waals surface area (Å²) in [6, 6.07) is 4.02. The zero-order chi connectivity index (χ0) is 15.0. The number of aromatic nitrogens is 4. The van der Waals surface area contributed by atoms with Crippen molar-refractivity contribution < 1.29 is 0 Å². The van der Waals surface area contributed by atoms with Crippen LogP contribution in [0.3, 0.4) is 0 Å². The summed E-state index contributed by atoms with van der Waals surface area (Å²) in [4.78, 5) is 20.5. The van der Waals surface area contributed by atoms with Gasteiger partial charge in [-0.15, -0.1) is 0 Å². The number of hydrogen-bond acceptors (Lipinski definition) is 5. The van der Waals surface area contributed by atoms with Gasteiger partial charge >= 0.3 is 0 Å². The molecule has 0 amide bonds. The second-order valence-electron chi connectivity index (χ2n) is 5.89. The van der Waals surface area contributed by atoms with Crippen molar-refractivity contribution in [2.45, 2.75) is 40.0 Å². The van der Waals surface area contributed by atoms with Crippen LogP contribution in [0.4, 0.5) is 5.95 Å². The molecule has 1 atom stereocenters. The van der Waals surface area contributed by atoms with Crippen molar-refractivity contribution in [1.82, 2.24) is 19.9 Å². The largest absolute Gasteiger partial charge is 0.340 e. The molecule has 21 heavy (non-hydrogen) atoms. The van der Waals surface area contributed by atoms with Gasteiger partial charge < -0.3 is 4.90 Å². The third-order valence-electron chi connectivity index (χ3n) is 3.81. The molecule has 5 nitrogen and oxygen atoms in total. The minimum atomic E-state index is 0.369. The van der Waals surface area contributed by atoms with Crippen LogP contribution in [0, 0.1) is 27.7 Å². The summed E-state index contributed by atoms with van der Waals surface area (Å²) in [5.41, 5.74) is 4.12. The van der Waals surface area contributed by atoms with Crippen LogP contribution in [0.15, 0.2) is 12.1 Å². The Morgan fingerprint density at radius 2 is 1.38 bits per heavy atom. The van der Waals surface area contributed by atoms with E-state index in [1.807, 2.05) is 39.8 Å². The van der Waals surface area contributed by atoms with Crippen molar-refractivity contribution in [2.75, 3.05) is 18.0 Å². The van der Waals surface area contributed by atoms with Crippen molar-refractivity contribution in [1.29, 1.82) is 0 Å². The molecule has 3 heterocycles. The van der Waals surface area contributed by atoms with Crippen molar-refractivity contribution in [3.63, 3.8) is 0 Å². The topological polar surface area (TPSA) is 54.8 Å². The molecule has 2 aromatic heterocycles. The smallest absolute Gasteiger partial charge is 0.225 e. The average Bonchev–Trinajstić information content (AvgIpc) is 2.85. The molecule has 0 radical (unpaired) electrons. The maximum absolute atomic E-state index is 4.60. The summed E-state index contributed by atoms with van der Waals surface area (Å²) in [7, 11) is 0. The highest BCUT2D eigenvalue weighted by Gasteiger charge is 2.28. The van der Waals surface area contributed by atoms with E-state index in [4.69, 9.17) is 0 Å². The van der Waals surface area contributed by atoms with Gasteiger partial charge in [0.1, 0.15) is 5.82 Å². The fourth-order valence-corrected chi connectivity index (χ4v) is 2.94. The molecule has 0 spiro atoms. The van der Waals surface area contributed by atoms with E-state index in [0.717, 1.165) is 54.1 Å². The molecule has 0 saturated carbocycles. The van der Waals surface area contributed by atoms with Crippen molar-refractivity contribution in [3.05, 3.63) is 40.7 Å². The van der Waals surface area contributed by atoms with Gasteiger partial charge in [0.05, 0.1) is 0 Å². The van der Waals surface area contributed by atoms with E-state index in [0.29, 0.717) is 5.92 Å². The van der Waals surface area contributed by atoms with Crippen LogP contribution >= 0.6 is 0 Å². The fraction of sp³-hybridized carbons (Fsp3) is 0.500. The number of anilines is 1. The van der Waals surface area contributed by atoms with E-state index in [1.165, 1.54) is 0 Å². The van der Waals surface area contributed by atoms with Crippen LogP contribution in [0.5, 0.6) is 0 Å². The van der Waals surface area contributed by atoms with Crippen LogP contribution in [0.25, 0.3) is 0 Å². The van der Waals surface area contributed by atoms with Crippen LogP contribution in [-0.4, -0.2) is 33.0 Å². The van der Waals surface area contributed by atoms with Gasteiger partial charge in [-0.2, -0.15) is 0 Å². The molecule has 0 aliphatic carbocycles. The van der Waals surface area contributed by atoms with Gasteiger partial charge in [0.25, 0.3) is 0 Å². The molecule has 1 saturated heterocycles. The molecular weight excluding hydrogens is 262 g/mol. The quantitative estimate of drug-likeness (QED) is 0.847. The number of nitrogens with zero attached hydrogens (tertiary/aromatic N) is 5. The Bertz CT molecular complexity index is 570. The molecule has 0 bridgehead atoms. The Morgan fingerprint density at radius 3 is 1.95 bits per heavy atom. The van der Waals surface area contributed by atoms with E-state index in [9.17, 15) is 0 Å². The predicted octanol–water partition coefficient (Wildman–Crippen LogP) is 2.49. The first kappa shape index (κ1) is 13.9. The summed E-state index contributed by atoms with van der Waals surface area (Å²) >= 11 is 0. The Labute approximate surface area is 125 Å². The lowest BCUT2D eigenvalue weighted by molar-refractivity contribution is 0.697. The Hall–Kier alpha value is -2.04. The molecular formula is C16H21N5. The van der Waals surface area contributed by atoms with Gasteiger partial charge in [-0.3, -0.25) is 0 Å². The van der Waals surface area contributed by atoms with Gasteiger partial charge in [-0.05, 0) is 46.2 Å². The third-order valence-corrected chi connectivity index (χ3v) is 3.81. The van der Waals surface area contributed by atoms with Crippen molar-refractivity contribution >= 4 is 5.95 Å². The van der Waals surface area contributed by atoms with Crippen molar-refractivity contribution in [3.8, 4) is 0 Å². The Morgan fingerprint density at radius 1 is 0.857 bits per heavy atom. The highest BCUT2D eigenvalue weighted by atomic mass is 15.3. The Kier molecular flexibility index (Phi) is 3.57. The molecule has 0 unspecified atom stereocenters. The summed E-state index contributed by atoms with van der Waals surface area (Å²) in [5, 5.41) is 0. The first-order valence-electron chi connectivity index (χ1n) is 7.40. The molecule has 1 fully saturated rings. The first-order chi connectivity index (χ1) is 10.0. The zero-order valence-electron chi connectivity index (χ0n) is 13.1. The van der Waals surface area contributed by atoms with Crippen LogP contribution < -0.4 is 4.90 Å². The van der Waals surface area contributed by atoms with Crippen LogP contribution in [-0.2, 0) is 0 Å². The highest BCUT2D eigenvalue weighted by molar-refractivity contribution is 5.35. The molecule has 5 heteroatoms. The molecule has 110 valence electrons. The molecule has 1 aliphatic rings. The zero-order valence-corrected chi connectivity index (χ0v) is 13.1. The van der Waals surface area contributed by atoms with Crippen LogP contribution in [0.1, 0.15) is 40.9 Å². The van der Waals surface area contributed by atoms with Crippen molar-refractivity contribution in [2.24, 2.45) is 0 Å². The average molecular weight is 283 g/mol. The third kappa shape index (κ3) is 3.01. The maximum Gasteiger partial charge on any atom is 0.225 e.